The van der Waals surface area contributed by atoms with Gasteiger partial charge < -0.3 is 15.1 Å². The maximum atomic E-state index is 15.9. The molecule has 2 fully saturated rings. The first-order valence-corrected chi connectivity index (χ1v) is 16.4. The molecule has 1 aliphatic carbocycles. The highest BCUT2D eigenvalue weighted by atomic mass is 35.5. The molecule has 0 aromatic heterocycles. The normalized spacial score (nSPS) is 21.2. The third-order valence-corrected chi connectivity index (χ3v) is 10.3. The average molecular weight is 686 g/mol. The highest BCUT2D eigenvalue weighted by Crippen LogP contribution is 2.54. The van der Waals surface area contributed by atoms with E-state index in [9.17, 15) is 13.6 Å². The number of para-hydroxylation sites is 2. The summed E-state index contributed by atoms with van der Waals surface area (Å²) in [5, 5.41) is 3.31. The lowest BCUT2D eigenvalue weighted by Crippen LogP contribution is -2.56. The molecule has 6 nitrogen and oxygen atoms in total. The first-order valence-electron chi connectivity index (χ1n) is 16.4. The van der Waals surface area contributed by atoms with Crippen LogP contribution in [0.1, 0.15) is 46.9 Å². The molecule has 1 aliphatic heterocycles. The van der Waals surface area contributed by atoms with E-state index in [4.69, 9.17) is 0 Å². The molecule has 9 heteroatoms. The zero-order chi connectivity index (χ0) is 34.2. The molecule has 49 heavy (non-hydrogen) atoms. The van der Waals surface area contributed by atoms with Gasteiger partial charge in [-0.1, -0.05) is 60.7 Å². The van der Waals surface area contributed by atoms with Crippen LogP contribution in [-0.2, 0) is 14.4 Å². The average Bonchev–Trinajstić information content (AvgIpc) is 3.57. The van der Waals surface area contributed by atoms with Crippen LogP contribution >= 0.6 is 12.4 Å². The fraction of sp³-hybridized carbons (Fsp3) is 0.325. The van der Waals surface area contributed by atoms with Crippen LogP contribution in [0.3, 0.4) is 0 Å². The predicted octanol–water partition coefficient (Wildman–Crippen LogP) is 6.81. The largest absolute Gasteiger partial charge is 0.377 e. The number of ketones is 3. The Labute approximate surface area is 292 Å². The van der Waals surface area contributed by atoms with Crippen molar-refractivity contribution in [1.29, 1.82) is 0 Å². The van der Waals surface area contributed by atoms with Gasteiger partial charge in [0.2, 0.25) is 0 Å². The number of nitrogens with zero attached hydrogens (tertiary/aromatic N) is 2. The van der Waals surface area contributed by atoms with Crippen LogP contribution in [0, 0.1) is 28.9 Å². The number of fused-ring (bicyclic) bond motifs is 1. The van der Waals surface area contributed by atoms with Crippen molar-refractivity contribution in [2.24, 2.45) is 17.3 Å². The molecule has 1 heterocycles. The predicted molar refractivity (Wildman–Crippen MR) is 192 cm³/mol. The van der Waals surface area contributed by atoms with Gasteiger partial charge in [-0.15, -0.1) is 12.4 Å². The topological polar surface area (TPSA) is 69.7 Å². The van der Waals surface area contributed by atoms with Crippen LogP contribution in [0.15, 0.2) is 97.1 Å². The molecule has 4 atom stereocenters. The van der Waals surface area contributed by atoms with Gasteiger partial charge in [0.1, 0.15) is 17.4 Å². The first kappa shape index (κ1) is 35.9. The Morgan fingerprint density at radius 1 is 0.714 bits per heavy atom. The minimum atomic E-state index is -1.66. The van der Waals surface area contributed by atoms with Crippen molar-refractivity contribution < 1.29 is 23.2 Å². The van der Waals surface area contributed by atoms with Crippen molar-refractivity contribution in [3.63, 3.8) is 0 Å². The van der Waals surface area contributed by atoms with Crippen LogP contribution < -0.4 is 15.1 Å². The second-order valence-electron chi connectivity index (χ2n) is 13.4. The van der Waals surface area contributed by atoms with Crippen LogP contribution in [0.4, 0.5) is 20.2 Å². The lowest BCUT2D eigenvalue weighted by molar-refractivity contribution is -0.152. The molecule has 6 rings (SSSR count). The minimum Gasteiger partial charge on any atom is -0.377 e. The Balaban J connectivity index is 0.00000468. The van der Waals surface area contributed by atoms with E-state index in [2.05, 4.69) is 5.32 Å². The molecule has 1 N–H and O–H groups in total. The van der Waals surface area contributed by atoms with E-state index < -0.39 is 40.7 Å². The Kier molecular flexibility index (Phi) is 10.7. The Hall–Kier alpha value is -4.40. The number of nitrogens with one attached hydrogen (secondary N) is 1. The molecule has 1 saturated carbocycles. The number of benzene rings is 4. The number of halogens is 3. The van der Waals surface area contributed by atoms with Gasteiger partial charge in [0.15, 0.2) is 11.6 Å². The maximum absolute atomic E-state index is 15.9. The summed E-state index contributed by atoms with van der Waals surface area (Å²) >= 11 is 0. The van der Waals surface area contributed by atoms with E-state index >= 15 is 9.59 Å². The fourth-order valence-corrected chi connectivity index (χ4v) is 8.07. The smallest absolute Gasteiger partial charge is 0.158 e. The van der Waals surface area contributed by atoms with Crippen molar-refractivity contribution in [2.75, 3.05) is 51.1 Å². The van der Waals surface area contributed by atoms with Crippen LogP contribution in [0.2, 0.25) is 0 Å². The summed E-state index contributed by atoms with van der Waals surface area (Å²) in [6.07, 6.45) is 0.0644. The summed E-state index contributed by atoms with van der Waals surface area (Å²) in [5.41, 5.74) is 2.00. The molecule has 2 unspecified atom stereocenters. The van der Waals surface area contributed by atoms with Crippen LogP contribution in [-0.4, -0.2) is 58.6 Å². The standard InChI is InChI=1S/C40H41F2N3O3.ClH/c1-44(2)33-17-7-5-15-29(33)36(25-11-9-13-27(41)21-25)38(47)40(20-19-35(46)31-23-43-24-32(31)40)39(48)37(26-12-10-14-28(42)22-26)30-16-6-8-18-34(30)45(3)4;/h5-18,21-22,31-32,36-37,43H,19-20,23-24H2,1-4H3;1H/t31-,32+,36?,37?,40?;/m0./s1. The van der Waals surface area contributed by atoms with E-state index in [1.54, 1.807) is 24.3 Å². The molecule has 256 valence electrons. The quantitative estimate of drug-likeness (QED) is 0.185. The maximum Gasteiger partial charge on any atom is 0.158 e. The van der Waals surface area contributed by atoms with Crippen LogP contribution in [0.25, 0.3) is 0 Å². The summed E-state index contributed by atoms with van der Waals surface area (Å²) in [4.78, 5) is 49.0. The van der Waals surface area contributed by atoms with E-state index in [1.807, 2.05) is 86.5 Å². The SMILES string of the molecule is CN(C)c1ccccc1C(C(=O)C1(C(=O)C(c2cccc(F)c2)c2ccccc2N(C)C)CCC(=O)[C@H]2CNC[C@H]21)c1cccc(F)c1.Cl. The summed E-state index contributed by atoms with van der Waals surface area (Å²) in [6, 6.07) is 26.9. The molecule has 2 aliphatic rings. The Morgan fingerprint density at radius 2 is 1.18 bits per heavy atom. The number of Topliss-reactive ketones (excluding diaryl/α,β-unsaturated/α-hetero) is 3. The summed E-state index contributed by atoms with van der Waals surface area (Å²) in [6.45, 7) is 0.661. The van der Waals surface area contributed by atoms with E-state index in [-0.39, 0.29) is 42.6 Å². The molecule has 4 aromatic carbocycles. The van der Waals surface area contributed by atoms with Crippen molar-refractivity contribution in [2.45, 2.75) is 24.7 Å². The number of hydrogen-bond acceptors (Lipinski definition) is 6. The van der Waals surface area contributed by atoms with Crippen molar-refractivity contribution in [1.82, 2.24) is 5.32 Å². The van der Waals surface area contributed by atoms with E-state index in [1.165, 1.54) is 24.3 Å². The zero-order valence-corrected chi connectivity index (χ0v) is 29.0. The molecular formula is C40H42ClF2N3O3. The molecule has 4 aromatic rings. The van der Waals surface area contributed by atoms with Gasteiger partial charge in [-0.3, -0.25) is 14.4 Å². The molecule has 0 spiro atoms. The summed E-state index contributed by atoms with van der Waals surface area (Å²) < 4.78 is 29.9. The van der Waals surface area contributed by atoms with E-state index in [0.717, 1.165) is 11.4 Å². The summed E-state index contributed by atoms with van der Waals surface area (Å²) in [5.74, 6) is -4.93. The lowest BCUT2D eigenvalue weighted by Gasteiger charge is -2.46. The molecule has 1 saturated heterocycles. The number of hydrogen-bond donors (Lipinski definition) is 1. The highest BCUT2D eigenvalue weighted by molar-refractivity contribution is 6.15. The van der Waals surface area contributed by atoms with Gasteiger partial charge in [-0.2, -0.15) is 0 Å². The Morgan fingerprint density at radius 3 is 1.63 bits per heavy atom. The van der Waals surface area contributed by atoms with Gasteiger partial charge >= 0.3 is 0 Å². The third-order valence-electron chi connectivity index (χ3n) is 10.3. The number of carbonyl (C=O) groups is 3. The molecule has 0 amide bonds. The van der Waals surface area contributed by atoms with E-state index in [0.29, 0.717) is 35.3 Å². The van der Waals surface area contributed by atoms with Gasteiger partial charge in [-0.05, 0) is 65.1 Å². The van der Waals surface area contributed by atoms with Gasteiger partial charge in [0.25, 0.3) is 0 Å². The molecule has 0 radical (unpaired) electrons. The minimum absolute atomic E-state index is 0. The lowest BCUT2D eigenvalue weighted by atomic mass is 9.53. The second-order valence-corrected chi connectivity index (χ2v) is 13.4. The third kappa shape index (κ3) is 6.52. The molecule has 0 bridgehead atoms. The van der Waals surface area contributed by atoms with Crippen molar-refractivity contribution in [3.8, 4) is 0 Å². The van der Waals surface area contributed by atoms with Crippen molar-refractivity contribution in [3.05, 3.63) is 131 Å². The highest BCUT2D eigenvalue weighted by Gasteiger charge is 2.62. The second kappa shape index (κ2) is 14.6. The number of carbonyl (C=O) groups excluding carboxylic acids is 3. The van der Waals surface area contributed by atoms with Gasteiger partial charge in [0, 0.05) is 70.9 Å². The zero-order valence-electron chi connectivity index (χ0n) is 28.2. The number of anilines is 2. The molecular weight excluding hydrogens is 644 g/mol. The fourth-order valence-electron chi connectivity index (χ4n) is 8.07. The number of rotatable bonds is 10. The van der Waals surface area contributed by atoms with Gasteiger partial charge in [0.05, 0.1) is 17.3 Å². The van der Waals surface area contributed by atoms with Crippen LogP contribution in [0.5, 0.6) is 0 Å². The van der Waals surface area contributed by atoms with Gasteiger partial charge in [-0.25, -0.2) is 8.78 Å². The summed E-state index contributed by atoms with van der Waals surface area (Å²) in [7, 11) is 7.50. The first-order chi connectivity index (χ1) is 23.0. The van der Waals surface area contributed by atoms with Crippen molar-refractivity contribution >= 4 is 41.1 Å². The Bertz CT molecular complexity index is 1750. The monoisotopic (exact) mass is 685 g/mol.